The molecule has 1 aliphatic rings. The van der Waals surface area contributed by atoms with Crippen LogP contribution in [0.2, 0.25) is 0 Å². The number of nitrogens with one attached hydrogen (secondary N) is 3. The number of rotatable bonds is 2. The molecule has 3 rings (SSSR count). The van der Waals surface area contributed by atoms with Crippen molar-refractivity contribution in [2.45, 2.75) is 25.1 Å². The lowest BCUT2D eigenvalue weighted by atomic mass is 10.0. The molecule has 0 saturated carbocycles. The van der Waals surface area contributed by atoms with E-state index < -0.39 is 35.8 Å². The first-order chi connectivity index (χ1) is 11.6. The fraction of sp³-hybridized carbons (Fsp3) is 0.286. The van der Waals surface area contributed by atoms with Crippen LogP contribution in [-0.4, -0.2) is 33.7 Å². The summed E-state index contributed by atoms with van der Waals surface area (Å²) in [5.41, 5.74) is 5.21. The Hall–Kier alpha value is -2.82. The minimum atomic E-state index is -4.72. The lowest BCUT2D eigenvalue weighted by molar-refractivity contribution is -0.144. The Morgan fingerprint density at radius 2 is 2.00 bits per heavy atom. The second-order valence-electron chi connectivity index (χ2n) is 5.52. The van der Waals surface area contributed by atoms with E-state index >= 15 is 0 Å². The molecule has 1 aromatic carbocycles. The van der Waals surface area contributed by atoms with Crippen molar-refractivity contribution in [1.29, 1.82) is 0 Å². The van der Waals surface area contributed by atoms with Crippen molar-refractivity contribution < 1.29 is 27.6 Å². The maximum atomic E-state index is 12.8. The molecule has 3 amide bonds. The largest absolute Gasteiger partial charge is 0.449 e. The predicted octanol–water partition coefficient (Wildman–Crippen LogP) is 1.12. The smallest absolute Gasteiger partial charge is 0.399 e. The molecule has 140 valence electrons. The van der Waals surface area contributed by atoms with Crippen LogP contribution in [0.3, 0.4) is 0 Å². The number of nitrogen functional groups attached to an aromatic ring is 1. The maximum absolute atomic E-state index is 12.8. The highest BCUT2D eigenvalue weighted by atomic mass is 35.5. The van der Waals surface area contributed by atoms with Gasteiger partial charge in [-0.15, -0.1) is 12.4 Å². The van der Waals surface area contributed by atoms with Gasteiger partial charge in [0.05, 0.1) is 16.6 Å². The van der Waals surface area contributed by atoms with Gasteiger partial charge >= 0.3 is 6.18 Å². The van der Waals surface area contributed by atoms with Crippen LogP contribution >= 0.6 is 12.4 Å². The number of aromatic nitrogens is 2. The summed E-state index contributed by atoms with van der Waals surface area (Å²) in [7, 11) is 0. The number of carbonyl (C=O) groups excluding carboxylic acids is 3. The van der Waals surface area contributed by atoms with E-state index in [4.69, 9.17) is 5.73 Å². The van der Waals surface area contributed by atoms with Crippen LogP contribution in [0, 0.1) is 0 Å². The molecule has 1 unspecified atom stereocenters. The highest BCUT2D eigenvalue weighted by molar-refractivity contribution is 6.09. The zero-order valence-electron chi connectivity index (χ0n) is 12.9. The molecule has 8 nitrogen and oxygen atoms in total. The number of carbonyl (C=O) groups is 3. The van der Waals surface area contributed by atoms with Crippen molar-refractivity contribution in [3.63, 3.8) is 0 Å². The van der Waals surface area contributed by atoms with Gasteiger partial charge in [0.15, 0.2) is 0 Å². The first-order valence-corrected chi connectivity index (χ1v) is 7.16. The van der Waals surface area contributed by atoms with E-state index in [1.165, 1.54) is 12.1 Å². The second-order valence-corrected chi connectivity index (χ2v) is 5.52. The molecular formula is C14H13ClF3N5O3. The minimum Gasteiger partial charge on any atom is -0.399 e. The zero-order valence-corrected chi connectivity index (χ0v) is 13.8. The van der Waals surface area contributed by atoms with Gasteiger partial charge in [0.25, 0.3) is 5.91 Å². The molecule has 1 fully saturated rings. The highest BCUT2D eigenvalue weighted by Crippen LogP contribution is 2.30. The topological polar surface area (TPSA) is 130 Å². The lowest BCUT2D eigenvalue weighted by Gasteiger charge is -2.21. The molecule has 0 radical (unpaired) electrons. The average molecular weight is 392 g/mol. The van der Waals surface area contributed by atoms with Crippen LogP contribution in [0.1, 0.15) is 29.0 Å². The Kier molecular flexibility index (Phi) is 5.12. The Balaban J connectivity index is 0.00000243. The van der Waals surface area contributed by atoms with Crippen molar-refractivity contribution in [2.75, 3.05) is 5.73 Å². The van der Waals surface area contributed by atoms with Gasteiger partial charge in [-0.2, -0.15) is 13.2 Å². The van der Waals surface area contributed by atoms with E-state index in [1.807, 2.05) is 0 Å². The number of hydrogen-bond acceptors (Lipinski definition) is 5. The Morgan fingerprint density at radius 1 is 1.31 bits per heavy atom. The maximum Gasteiger partial charge on any atom is 0.449 e. The standard InChI is InChI=1S/C14H12F3N5O3.ClH/c15-14(16,17)13-20-8-4-5(18)3-6(10(8)22-13)11(24)19-7-1-2-9(23)21-12(7)25;/h3-4,7H,1-2,18H2,(H,19,24)(H,20,22)(H,21,23,25);1H. The van der Waals surface area contributed by atoms with E-state index in [1.54, 1.807) is 0 Å². The number of nitrogens with two attached hydrogens (primary N) is 1. The van der Waals surface area contributed by atoms with Gasteiger partial charge in [-0.25, -0.2) is 4.98 Å². The van der Waals surface area contributed by atoms with E-state index in [0.29, 0.717) is 0 Å². The average Bonchev–Trinajstić information content (AvgIpc) is 2.93. The Morgan fingerprint density at radius 3 is 2.62 bits per heavy atom. The molecule has 1 aromatic heterocycles. The monoisotopic (exact) mass is 391 g/mol. The summed E-state index contributed by atoms with van der Waals surface area (Å²) in [6.45, 7) is 0. The number of piperidine rings is 1. The first-order valence-electron chi connectivity index (χ1n) is 7.16. The number of fused-ring (bicyclic) bond motifs is 1. The van der Waals surface area contributed by atoms with Crippen LogP contribution in [-0.2, 0) is 15.8 Å². The van der Waals surface area contributed by atoms with Crippen molar-refractivity contribution in [3.05, 3.63) is 23.5 Å². The lowest BCUT2D eigenvalue weighted by Crippen LogP contribution is -2.52. The molecule has 26 heavy (non-hydrogen) atoms. The van der Waals surface area contributed by atoms with Gasteiger partial charge in [-0.3, -0.25) is 19.7 Å². The molecule has 1 aliphatic heterocycles. The normalized spacial score (nSPS) is 17.6. The van der Waals surface area contributed by atoms with E-state index in [9.17, 15) is 27.6 Å². The SMILES string of the molecule is Cl.Nc1cc(C(=O)NC2CCC(=O)NC2=O)c2[nH]c(C(F)(F)F)nc2c1. The minimum absolute atomic E-state index is 0. The number of amides is 3. The molecule has 0 aliphatic carbocycles. The number of anilines is 1. The highest BCUT2D eigenvalue weighted by Gasteiger charge is 2.35. The molecule has 1 saturated heterocycles. The third-order valence-electron chi connectivity index (χ3n) is 3.67. The summed E-state index contributed by atoms with van der Waals surface area (Å²) in [4.78, 5) is 40.7. The number of alkyl halides is 3. The molecule has 0 spiro atoms. The van der Waals surface area contributed by atoms with E-state index in [-0.39, 0.29) is 47.5 Å². The number of hydrogen-bond donors (Lipinski definition) is 4. The quantitative estimate of drug-likeness (QED) is 0.450. The van der Waals surface area contributed by atoms with Gasteiger partial charge in [0.2, 0.25) is 17.6 Å². The zero-order chi connectivity index (χ0) is 18.4. The van der Waals surface area contributed by atoms with Gasteiger partial charge in [-0.05, 0) is 18.6 Å². The number of imide groups is 1. The molecule has 2 aromatic rings. The molecule has 1 atom stereocenters. The van der Waals surface area contributed by atoms with Crippen LogP contribution in [0.4, 0.5) is 18.9 Å². The van der Waals surface area contributed by atoms with Gasteiger partial charge < -0.3 is 16.0 Å². The Bertz CT molecular complexity index is 896. The fourth-order valence-electron chi connectivity index (χ4n) is 2.52. The predicted molar refractivity (Wildman–Crippen MR) is 86.4 cm³/mol. The fourth-order valence-corrected chi connectivity index (χ4v) is 2.52. The van der Waals surface area contributed by atoms with Crippen LogP contribution in [0.15, 0.2) is 12.1 Å². The van der Waals surface area contributed by atoms with E-state index in [2.05, 4.69) is 20.6 Å². The molecule has 2 heterocycles. The summed E-state index contributed by atoms with van der Waals surface area (Å²) in [6, 6.07) is 1.41. The summed E-state index contributed by atoms with van der Waals surface area (Å²) < 4.78 is 38.4. The third-order valence-corrected chi connectivity index (χ3v) is 3.67. The number of aromatic amines is 1. The van der Waals surface area contributed by atoms with Crippen molar-refractivity contribution in [2.24, 2.45) is 0 Å². The van der Waals surface area contributed by atoms with Gasteiger partial charge in [0, 0.05) is 12.1 Å². The summed E-state index contributed by atoms with van der Waals surface area (Å²) in [6.07, 6.45) is -4.57. The Labute approximate surface area is 150 Å². The summed E-state index contributed by atoms with van der Waals surface area (Å²) in [5.74, 6) is -3.19. The summed E-state index contributed by atoms with van der Waals surface area (Å²) in [5, 5.41) is 4.46. The molecule has 12 heteroatoms. The van der Waals surface area contributed by atoms with Crippen LogP contribution < -0.4 is 16.4 Å². The number of halogens is 4. The number of benzene rings is 1. The van der Waals surface area contributed by atoms with Crippen molar-refractivity contribution in [1.82, 2.24) is 20.6 Å². The van der Waals surface area contributed by atoms with Crippen molar-refractivity contribution in [3.8, 4) is 0 Å². The third kappa shape index (κ3) is 3.72. The molecule has 5 N–H and O–H groups in total. The number of imidazole rings is 1. The number of nitrogens with zero attached hydrogens (tertiary/aromatic N) is 1. The van der Waals surface area contributed by atoms with Gasteiger partial charge in [0.1, 0.15) is 6.04 Å². The first kappa shape index (κ1) is 19.5. The number of H-pyrrole nitrogens is 1. The van der Waals surface area contributed by atoms with E-state index in [0.717, 1.165) is 0 Å². The molecular weight excluding hydrogens is 379 g/mol. The molecule has 0 bridgehead atoms. The van der Waals surface area contributed by atoms with Crippen LogP contribution in [0.25, 0.3) is 11.0 Å². The van der Waals surface area contributed by atoms with Crippen molar-refractivity contribution >= 4 is 46.8 Å². The van der Waals surface area contributed by atoms with Crippen LogP contribution in [0.5, 0.6) is 0 Å². The summed E-state index contributed by atoms with van der Waals surface area (Å²) >= 11 is 0. The van der Waals surface area contributed by atoms with Gasteiger partial charge in [-0.1, -0.05) is 0 Å². The second kappa shape index (κ2) is 6.83.